The molecule has 0 radical (unpaired) electrons. The third-order valence-electron chi connectivity index (χ3n) is 2.72. The number of nitrogens with zero attached hydrogens (tertiary/aromatic N) is 1. The Balaban J connectivity index is 5.16. The van der Waals surface area contributed by atoms with Gasteiger partial charge in [-0.3, -0.25) is 4.79 Å². The number of esters is 1. The normalized spacial score (nSPS) is 16.2. The van der Waals surface area contributed by atoms with Crippen molar-refractivity contribution >= 4 is 11.9 Å². The zero-order chi connectivity index (χ0) is 13.8. The van der Waals surface area contributed by atoms with E-state index in [9.17, 15) is 14.7 Å². The molecule has 100 valence electrons. The Morgan fingerprint density at radius 1 is 1.35 bits per heavy atom. The summed E-state index contributed by atoms with van der Waals surface area (Å²) in [6.45, 7) is 5.19. The summed E-state index contributed by atoms with van der Waals surface area (Å²) in [6, 6.07) is 0. The number of rotatable bonds is 5. The number of amides is 1. The van der Waals surface area contributed by atoms with Crippen molar-refractivity contribution in [3.8, 4) is 0 Å². The molecule has 0 fully saturated rings. The minimum absolute atomic E-state index is 0.194. The minimum atomic E-state index is -1.79. The second-order valence-electron chi connectivity index (χ2n) is 5.05. The van der Waals surface area contributed by atoms with Gasteiger partial charge < -0.3 is 14.7 Å². The van der Waals surface area contributed by atoms with Crippen LogP contribution in [0.3, 0.4) is 0 Å². The first-order chi connectivity index (χ1) is 7.64. The van der Waals surface area contributed by atoms with Gasteiger partial charge >= 0.3 is 5.97 Å². The number of carbonyl (C=O) groups excluding carboxylic acids is 2. The van der Waals surface area contributed by atoms with Crippen LogP contribution in [0.2, 0.25) is 0 Å². The van der Waals surface area contributed by atoms with E-state index in [1.54, 1.807) is 14.1 Å². The van der Waals surface area contributed by atoms with Crippen LogP contribution in [0.25, 0.3) is 0 Å². The topological polar surface area (TPSA) is 66.8 Å². The van der Waals surface area contributed by atoms with Crippen molar-refractivity contribution in [2.75, 3.05) is 21.2 Å². The van der Waals surface area contributed by atoms with Crippen molar-refractivity contribution in [2.45, 2.75) is 32.8 Å². The molecule has 0 bridgehead atoms. The lowest BCUT2D eigenvalue weighted by atomic mass is 9.82. The van der Waals surface area contributed by atoms with Gasteiger partial charge in [-0.2, -0.15) is 0 Å². The fraction of sp³-hybridized carbons (Fsp3) is 0.833. The molecule has 5 heteroatoms. The van der Waals surface area contributed by atoms with Gasteiger partial charge in [0.1, 0.15) is 0 Å². The highest BCUT2D eigenvalue weighted by atomic mass is 16.5. The largest absolute Gasteiger partial charge is 0.467 e. The molecule has 1 N–H and O–H groups in total. The Morgan fingerprint density at radius 2 is 1.82 bits per heavy atom. The van der Waals surface area contributed by atoms with E-state index in [4.69, 9.17) is 0 Å². The molecule has 5 nitrogen and oxygen atoms in total. The van der Waals surface area contributed by atoms with Gasteiger partial charge in [0, 0.05) is 14.1 Å². The number of carbonyl (C=O) groups is 2. The summed E-state index contributed by atoms with van der Waals surface area (Å²) in [6.07, 6.45) is 0.430. The highest BCUT2D eigenvalue weighted by Gasteiger charge is 2.45. The second kappa shape index (κ2) is 6.00. The van der Waals surface area contributed by atoms with Gasteiger partial charge in [-0.15, -0.1) is 0 Å². The predicted octanol–water partition coefficient (Wildman–Crippen LogP) is 0.661. The second-order valence-corrected chi connectivity index (χ2v) is 5.05. The molecule has 0 aliphatic carbocycles. The van der Waals surface area contributed by atoms with Crippen molar-refractivity contribution in [3.05, 3.63) is 0 Å². The molecule has 0 saturated carbocycles. The van der Waals surface area contributed by atoms with Crippen molar-refractivity contribution < 1.29 is 19.4 Å². The molecule has 0 aliphatic heterocycles. The summed E-state index contributed by atoms with van der Waals surface area (Å²) in [5.74, 6) is -1.64. The summed E-state index contributed by atoms with van der Waals surface area (Å²) in [4.78, 5) is 24.9. The number of methoxy groups -OCH3 is 1. The summed E-state index contributed by atoms with van der Waals surface area (Å²) in [5.41, 5.74) is -1.79. The lowest BCUT2D eigenvalue weighted by Gasteiger charge is -2.32. The smallest absolute Gasteiger partial charge is 0.338 e. The van der Waals surface area contributed by atoms with Gasteiger partial charge in [0.15, 0.2) is 5.60 Å². The van der Waals surface area contributed by atoms with Crippen LogP contribution in [0.15, 0.2) is 0 Å². The number of aliphatic hydroxyl groups is 1. The molecule has 0 aromatic carbocycles. The fourth-order valence-electron chi connectivity index (χ4n) is 1.70. The van der Waals surface area contributed by atoms with E-state index in [2.05, 4.69) is 4.74 Å². The van der Waals surface area contributed by atoms with Crippen LogP contribution < -0.4 is 0 Å². The maximum atomic E-state index is 12.0. The SMILES string of the molecule is COC(=O)[C@](C)(O)[C@H](CC(C)C)C(=O)N(C)C. The lowest BCUT2D eigenvalue weighted by Crippen LogP contribution is -2.50. The lowest BCUT2D eigenvalue weighted by molar-refractivity contribution is -0.172. The zero-order valence-electron chi connectivity index (χ0n) is 11.5. The molecule has 1 amide bonds. The Hall–Kier alpha value is -1.10. The maximum absolute atomic E-state index is 12.0. The van der Waals surface area contributed by atoms with E-state index in [0.29, 0.717) is 6.42 Å². The summed E-state index contributed by atoms with van der Waals surface area (Å²) >= 11 is 0. The van der Waals surface area contributed by atoms with Gasteiger partial charge in [-0.05, 0) is 19.3 Å². The van der Waals surface area contributed by atoms with Gasteiger partial charge in [0.2, 0.25) is 5.91 Å². The van der Waals surface area contributed by atoms with Crippen molar-refractivity contribution in [2.24, 2.45) is 11.8 Å². The average Bonchev–Trinajstić information content (AvgIpc) is 2.22. The van der Waals surface area contributed by atoms with Gasteiger partial charge in [0.05, 0.1) is 13.0 Å². The fourth-order valence-corrected chi connectivity index (χ4v) is 1.70. The third kappa shape index (κ3) is 4.00. The number of hydrogen-bond donors (Lipinski definition) is 1. The monoisotopic (exact) mass is 245 g/mol. The molecule has 0 spiro atoms. The molecule has 0 aromatic rings. The first kappa shape index (κ1) is 15.9. The van der Waals surface area contributed by atoms with Crippen LogP contribution in [0.4, 0.5) is 0 Å². The van der Waals surface area contributed by atoms with E-state index >= 15 is 0 Å². The third-order valence-corrected chi connectivity index (χ3v) is 2.72. The summed E-state index contributed by atoms with van der Waals surface area (Å²) in [7, 11) is 4.40. The Morgan fingerprint density at radius 3 is 2.12 bits per heavy atom. The summed E-state index contributed by atoms with van der Waals surface area (Å²) < 4.78 is 4.55. The summed E-state index contributed by atoms with van der Waals surface area (Å²) in [5, 5.41) is 10.2. The highest BCUT2D eigenvalue weighted by Crippen LogP contribution is 2.27. The van der Waals surface area contributed by atoms with Crippen LogP contribution in [0.1, 0.15) is 27.2 Å². The van der Waals surface area contributed by atoms with Crippen molar-refractivity contribution in [3.63, 3.8) is 0 Å². The molecule has 0 aliphatic rings. The molecular weight excluding hydrogens is 222 g/mol. The molecule has 0 aromatic heterocycles. The Kier molecular flexibility index (Phi) is 5.61. The van der Waals surface area contributed by atoms with Crippen LogP contribution >= 0.6 is 0 Å². The van der Waals surface area contributed by atoms with E-state index < -0.39 is 17.5 Å². The van der Waals surface area contributed by atoms with Gasteiger partial charge in [-0.1, -0.05) is 13.8 Å². The number of hydrogen-bond acceptors (Lipinski definition) is 4. The van der Waals surface area contributed by atoms with E-state index in [1.807, 2.05) is 13.8 Å². The molecule has 0 heterocycles. The highest BCUT2D eigenvalue weighted by molar-refractivity contribution is 5.89. The van der Waals surface area contributed by atoms with Crippen LogP contribution in [0.5, 0.6) is 0 Å². The quantitative estimate of drug-likeness (QED) is 0.723. The molecule has 0 rings (SSSR count). The van der Waals surface area contributed by atoms with Crippen molar-refractivity contribution in [1.29, 1.82) is 0 Å². The Labute approximate surface area is 103 Å². The Bertz CT molecular complexity index is 284. The molecule has 0 unspecified atom stereocenters. The average molecular weight is 245 g/mol. The molecule has 2 atom stereocenters. The molecular formula is C12H23NO4. The van der Waals surface area contributed by atoms with Crippen molar-refractivity contribution in [1.82, 2.24) is 4.90 Å². The van der Waals surface area contributed by atoms with Crippen LogP contribution in [0, 0.1) is 11.8 Å². The minimum Gasteiger partial charge on any atom is -0.467 e. The van der Waals surface area contributed by atoms with E-state index in [1.165, 1.54) is 18.9 Å². The van der Waals surface area contributed by atoms with Crippen LogP contribution in [-0.4, -0.2) is 48.7 Å². The zero-order valence-corrected chi connectivity index (χ0v) is 11.5. The molecule has 0 saturated heterocycles. The van der Waals surface area contributed by atoms with Gasteiger partial charge in [-0.25, -0.2) is 4.79 Å². The van der Waals surface area contributed by atoms with Crippen LogP contribution in [-0.2, 0) is 14.3 Å². The standard InChI is InChI=1S/C12H23NO4/c1-8(2)7-9(10(14)13(4)5)12(3,16)11(15)17-6/h8-9,16H,7H2,1-6H3/t9-,12-/m1/s1. The first-order valence-electron chi connectivity index (χ1n) is 5.66. The molecule has 17 heavy (non-hydrogen) atoms. The maximum Gasteiger partial charge on any atom is 0.338 e. The first-order valence-corrected chi connectivity index (χ1v) is 5.66. The van der Waals surface area contributed by atoms with E-state index in [-0.39, 0.29) is 11.8 Å². The predicted molar refractivity (Wildman–Crippen MR) is 64.3 cm³/mol. The van der Waals surface area contributed by atoms with Gasteiger partial charge in [0.25, 0.3) is 0 Å². The van der Waals surface area contributed by atoms with E-state index in [0.717, 1.165) is 0 Å². The number of ether oxygens (including phenoxy) is 1.